The predicted molar refractivity (Wildman–Crippen MR) is 80.1 cm³/mol. The Bertz CT molecular complexity index is 628. The quantitative estimate of drug-likeness (QED) is 0.908. The van der Waals surface area contributed by atoms with Crippen LogP contribution in [-0.4, -0.2) is 39.0 Å². The molecule has 7 heteroatoms. The fourth-order valence-electron chi connectivity index (χ4n) is 2.73. The molecule has 3 heterocycles. The maximum Gasteiger partial charge on any atom is 0.224 e. The minimum Gasteiger partial charge on any atom is -0.361 e. The SMILES string of the molecule is Cc1cc(C2CCCN2C(=O)CCNc2ncccn2)no1. The first-order chi connectivity index (χ1) is 10.7. The van der Waals surface area contributed by atoms with Crippen LogP contribution in [0.4, 0.5) is 5.95 Å². The van der Waals surface area contributed by atoms with Gasteiger partial charge in [0.1, 0.15) is 11.5 Å². The van der Waals surface area contributed by atoms with E-state index in [9.17, 15) is 4.79 Å². The highest BCUT2D eigenvalue weighted by molar-refractivity contribution is 5.77. The first kappa shape index (κ1) is 14.5. The molecule has 0 saturated carbocycles. The minimum absolute atomic E-state index is 0.0397. The van der Waals surface area contributed by atoms with E-state index < -0.39 is 0 Å². The van der Waals surface area contributed by atoms with Crippen molar-refractivity contribution in [3.8, 4) is 0 Å². The molecule has 0 radical (unpaired) electrons. The number of likely N-dealkylation sites (tertiary alicyclic amines) is 1. The van der Waals surface area contributed by atoms with Gasteiger partial charge in [-0.1, -0.05) is 5.16 Å². The molecule has 2 aromatic rings. The van der Waals surface area contributed by atoms with Crippen molar-refractivity contribution < 1.29 is 9.32 Å². The summed E-state index contributed by atoms with van der Waals surface area (Å²) < 4.78 is 5.13. The van der Waals surface area contributed by atoms with E-state index in [2.05, 4.69) is 20.4 Å². The molecule has 2 aromatic heterocycles. The zero-order valence-corrected chi connectivity index (χ0v) is 12.5. The van der Waals surface area contributed by atoms with Crippen LogP contribution >= 0.6 is 0 Å². The largest absolute Gasteiger partial charge is 0.361 e. The van der Waals surface area contributed by atoms with Gasteiger partial charge >= 0.3 is 0 Å². The molecule has 0 bridgehead atoms. The Labute approximate surface area is 128 Å². The molecule has 1 atom stereocenters. The smallest absolute Gasteiger partial charge is 0.224 e. The summed E-state index contributed by atoms with van der Waals surface area (Å²) in [4.78, 5) is 22.4. The van der Waals surface area contributed by atoms with Gasteiger partial charge < -0.3 is 14.7 Å². The van der Waals surface area contributed by atoms with Crippen molar-refractivity contribution in [3.63, 3.8) is 0 Å². The maximum atomic E-state index is 12.4. The molecule has 116 valence electrons. The zero-order chi connectivity index (χ0) is 15.4. The zero-order valence-electron chi connectivity index (χ0n) is 12.5. The average Bonchev–Trinajstić information content (AvgIpc) is 3.16. The lowest BCUT2D eigenvalue weighted by Gasteiger charge is -2.23. The molecule has 22 heavy (non-hydrogen) atoms. The van der Waals surface area contributed by atoms with Crippen molar-refractivity contribution in [2.45, 2.75) is 32.2 Å². The normalized spacial score (nSPS) is 17.7. The summed E-state index contributed by atoms with van der Waals surface area (Å²) in [6.07, 6.45) is 5.68. The molecule has 0 aliphatic carbocycles. The Morgan fingerprint density at radius 1 is 1.45 bits per heavy atom. The highest BCUT2D eigenvalue weighted by Crippen LogP contribution is 2.31. The van der Waals surface area contributed by atoms with Gasteiger partial charge in [-0.2, -0.15) is 0 Å². The van der Waals surface area contributed by atoms with Gasteiger partial charge in [0.15, 0.2) is 0 Å². The molecule has 0 spiro atoms. The van der Waals surface area contributed by atoms with Gasteiger partial charge in [0.05, 0.1) is 6.04 Å². The second-order valence-corrected chi connectivity index (χ2v) is 5.36. The number of anilines is 1. The number of carbonyl (C=O) groups is 1. The van der Waals surface area contributed by atoms with E-state index in [4.69, 9.17) is 4.52 Å². The van der Waals surface area contributed by atoms with Crippen molar-refractivity contribution in [1.82, 2.24) is 20.0 Å². The lowest BCUT2D eigenvalue weighted by Crippen LogP contribution is -2.32. The number of aromatic nitrogens is 3. The fourth-order valence-corrected chi connectivity index (χ4v) is 2.73. The molecule has 1 unspecified atom stereocenters. The third kappa shape index (κ3) is 3.24. The predicted octanol–water partition coefficient (Wildman–Crippen LogP) is 1.94. The van der Waals surface area contributed by atoms with Gasteiger partial charge in [0, 0.05) is 38.0 Å². The topological polar surface area (TPSA) is 84.2 Å². The van der Waals surface area contributed by atoms with Crippen molar-refractivity contribution in [2.24, 2.45) is 0 Å². The van der Waals surface area contributed by atoms with Gasteiger partial charge in [0.25, 0.3) is 0 Å². The average molecular weight is 301 g/mol. The second-order valence-electron chi connectivity index (χ2n) is 5.36. The van der Waals surface area contributed by atoms with Crippen LogP contribution in [0.15, 0.2) is 29.0 Å². The summed E-state index contributed by atoms with van der Waals surface area (Å²) in [7, 11) is 0. The third-order valence-corrected chi connectivity index (χ3v) is 3.75. The molecule has 7 nitrogen and oxygen atoms in total. The van der Waals surface area contributed by atoms with E-state index in [1.54, 1.807) is 18.5 Å². The monoisotopic (exact) mass is 301 g/mol. The highest BCUT2D eigenvalue weighted by atomic mass is 16.5. The van der Waals surface area contributed by atoms with Gasteiger partial charge in [-0.15, -0.1) is 0 Å². The van der Waals surface area contributed by atoms with Crippen LogP contribution in [0.5, 0.6) is 0 Å². The Morgan fingerprint density at radius 3 is 3.00 bits per heavy atom. The molecule has 1 saturated heterocycles. The number of carbonyl (C=O) groups excluding carboxylic acids is 1. The summed E-state index contributed by atoms with van der Waals surface area (Å²) >= 11 is 0. The molecule has 3 rings (SSSR count). The number of aryl methyl sites for hydroxylation is 1. The maximum absolute atomic E-state index is 12.4. The van der Waals surface area contributed by atoms with Gasteiger partial charge in [0.2, 0.25) is 11.9 Å². The lowest BCUT2D eigenvalue weighted by molar-refractivity contribution is -0.131. The van der Waals surface area contributed by atoms with E-state index in [1.165, 1.54) is 0 Å². The van der Waals surface area contributed by atoms with E-state index in [1.807, 2.05) is 17.9 Å². The van der Waals surface area contributed by atoms with Crippen LogP contribution in [0.2, 0.25) is 0 Å². The van der Waals surface area contributed by atoms with Crippen molar-refractivity contribution in [1.29, 1.82) is 0 Å². The van der Waals surface area contributed by atoms with Crippen LogP contribution < -0.4 is 5.32 Å². The number of hydrogen-bond donors (Lipinski definition) is 1. The number of nitrogens with one attached hydrogen (secondary N) is 1. The first-order valence-electron chi connectivity index (χ1n) is 7.47. The minimum atomic E-state index is 0.0397. The number of hydrogen-bond acceptors (Lipinski definition) is 6. The van der Waals surface area contributed by atoms with Crippen LogP contribution in [0.1, 0.15) is 36.8 Å². The Kier molecular flexibility index (Phi) is 4.32. The van der Waals surface area contributed by atoms with E-state index in [0.29, 0.717) is 18.9 Å². The van der Waals surface area contributed by atoms with Crippen molar-refractivity contribution in [3.05, 3.63) is 36.0 Å². The fraction of sp³-hybridized carbons (Fsp3) is 0.467. The highest BCUT2D eigenvalue weighted by Gasteiger charge is 2.31. The standard InChI is InChI=1S/C15H19N5O2/c1-11-10-12(19-22-11)13-4-2-9-20(13)14(21)5-8-18-15-16-6-3-7-17-15/h3,6-7,10,13H,2,4-5,8-9H2,1H3,(H,16,17,18). The summed E-state index contributed by atoms with van der Waals surface area (Å²) in [5.74, 6) is 1.43. The van der Waals surface area contributed by atoms with Crippen LogP contribution in [0.25, 0.3) is 0 Å². The Hall–Kier alpha value is -2.44. The summed E-state index contributed by atoms with van der Waals surface area (Å²) in [5.41, 5.74) is 0.850. The molecule has 0 aromatic carbocycles. The second kappa shape index (κ2) is 6.55. The summed E-state index contributed by atoms with van der Waals surface area (Å²) in [5, 5.41) is 7.11. The number of rotatable bonds is 5. The van der Waals surface area contributed by atoms with Crippen molar-refractivity contribution >= 4 is 11.9 Å². The van der Waals surface area contributed by atoms with Gasteiger partial charge in [-0.3, -0.25) is 4.79 Å². The van der Waals surface area contributed by atoms with Crippen molar-refractivity contribution in [2.75, 3.05) is 18.4 Å². The molecular weight excluding hydrogens is 282 g/mol. The third-order valence-electron chi connectivity index (χ3n) is 3.75. The van der Waals surface area contributed by atoms with E-state index in [0.717, 1.165) is 30.8 Å². The number of amides is 1. The van der Waals surface area contributed by atoms with Crippen LogP contribution in [0, 0.1) is 6.92 Å². The van der Waals surface area contributed by atoms with Gasteiger partial charge in [-0.25, -0.2) is 9.97 Å². The Morgan fingerprint density at radius 2 is 2.27 bits per heavy atom. The molecule has 1 aliphatic rings. The summed E-state index contributed by atoms with van der Waals surface area (Å²) in [6.45, 7) is 3.16. The molecule has 1 amide bonds. The van der Waals surface area contributed by atoms with Crippen LogP contribution in [-0.2, 0) is 4.79 Å². The van der Waals surface area contributed by atoms with Crippen LogP contribution in [0.3, 0.4) is 0 Å². The van der Waals surface area contributed by atoms with Gasteiger partial charge in [-0.05, 0) is 25.8 Å². The molecule has 1 aliphatic heterocycles. The molecular formula is C15H19N5O2. The first-order valence-corrected chi connectivity index (χ1v) is 7.47. The van der Waals surface area contributed by atoms with E-state index in [-0.39, 0.29) is 11.9 Å². The molecule has 1 fully saturated rings. The van der Waals surface area contributed by atoms with E-state index >= 15 is 0 Å². The molecule has 1 N–H and O–H groups in total. The number of nitrogens with zero attached hydrogens (tertiary/aromatic N) is 4. The Balaban J connectivity index is 1.55. The summed E-state index contributed by atoms with van der Waals surface area (Å²) in [6, 6.07) is 3.70. The lowest BCUT2D eigenvalue weighted by atomic mass is 10.1.